The molecule has 0 bridgehead atoms. The predicted octanol–water partition coefficient (Wildman–Crippen LogP) is 3.75. The molecule has 2 heterocycles. The number of fused-ring (bicyclic) bond motifs is 1. The van der Waals surface area contributed by atoms with E-state index < -0.39 is 24.0 Å². The molecule has 7 nitrogen and oxygen atoms in total. The van der Waals surface area contributed by atoms with Crippen molar-refractivity contribution in [2.24, 2.45) is 5.92 Å². The van der Waals surface area contributed by atoms with Crippen LogP contribution in [0.25, 0.3) is 0 Å². The minimum atomic E-state index is -0.931. The van der Waals surface area contributed by atoms with Crippen LogP contribution in [0.2, 0.25) is 0 Å². The minimum Gasteiger partial charge on any atom is -0.497 e. The van der Waals surface area contributed by atoms with Gasteiger partial charge in [0.2, 0.25) is 5.91 Å². The highest BCUT2D eigenvalue weighted by Crippen LogP contribution is 2.48. The van der Waals surface area contributed by atoms with E-state index in [9.17, 15) is 9.59 Å². The van der Waals surface area contributed by atoms with E-state index in [1.807, 2.05) is 54.6 Å². The molecular weight excluding hydrogens is 408 g/mol. The first-order valence-electron chi connectivity index (χ1n) is 10.3. The quantitative estimate of drug-likeness (QED) is 0.575. The first-order chi connectivity index (χ1) is 15.6. The van der Waals surface area contributed by atoms with Crippen LogP contribution in [0.3, 0.4) is 0 Å². The van der Waals surface area contributed by atoms with E-state index in [-0.39, 0.29) is 5.91 Å². The fourth-order valence-corrected chi connectivity index (χ4v) is 4.41. The maximum Gasteiger partial charge on any atom is 0.266 e. The van der Waals surface area contributed by atoms with Crippen molar-refractivity contribution in [3.63, 3.8) is 0 Å². The molecule has 0 aliphatic carbocycles. The normalized spacial score (nSPS) is 22.2. The number of carbonyl (C=O) groups excluding carboxylic acids is 2. The van der Waals surface area contributed by atoms with Gasteiger partial charge in [0, 0.05) is 0 Å². The van der Waals surface area contributed by atoms with Crippen LogP contribution in [-0.4, -0.2) is 32.1 Å². The number of nitrogens with zero attached hydrogens (tertiary/aromatic N) is 2. The van der Waals surface area contributed by atoms with Crippen LogP contribution in [0.4, 0.5) is 11.4 Å². The molecule has 32 heavy (non-hydrogen) atoms. The number of methoxy groups -OCH3 is 2. The molecule has 3 atom stereocenters. The van der Waals surface area contributed by atoms with Gasteiger partial charge in [0.1, 0.15) is 17.4 Å². The summed E-state index contributed by atoms with van der Waals surface area (Å²) in [4.78, 5) is 34.4. The summed E-state index contributed by atoms with van der Waals surface area (Å²) in [5.74, 6) is -0.263. The van der Waals surface area contributed by atoms with Crippen molar-refractivity contribution in [3.8, 4) is 11.5 Å². The molecule has 0 N–H and O–H groups in total. The van der Waals surface area contributed by atoms with Gasteiger partial charge in [0.25, 0.3) is 5.91 Å². The number of amides is 2. The number of benzene rings is 3. The SMILES string of the molecule is COc1ccc(C2C3C(=O)N(c4ccccc4OC)C(=O)C3ON2c2ccccc2)cc1. The summed E-state index contributed by atoms with van der Waals surface area (Å²) in [6.07, 6.45) is -0.931. The van der Waals surface area contributed by atoms with E-state index in [0.29, 0.717) is 17.2 Å². The van der Waals surface area contributed by atoms with Gasteiger partial charge in [-0.25, -0.2) is 9.96 Å². The summed E-state index contributed by atoms with van der Waals surface area (Å²) in [5, 5.41) is 1.67. The lowest BCUT2D eigenvalue weighted by Gasteiger charge is -2.29. The molecule has 7 heteroatoms. The Bertz CT molecular complexity index is 1150. The molecule has 3 aromatic rings. The number of hydrogen-bond acceptors (Lipinski definition) is 6. The van der Waals surface area contributed by atoms with Gasteiger partial charge in [0.05, 0.1) is 31.6 Å². The van der Waals surface area contributed by atoms with Gasteiger partial charge in [-0.1, -0.05) is 42.5 Å². The Hall–Kier alpha value is -3.84. The van der Waals surface area contributed by atoms with Gasteiger partial charge >= 0.3 is 0 Å². The summed E-state index contributed by atoms with van der Waals surface area (Å²) in [6.45, 7) is 0. The van der Waals surface area contributed by atoms with Gasteiger partial charge in [-0.05, 0) is 42.0 Å². The van der Waals surface area contributed by atoms with Crippen molar-refractivity contribution in [2.75, 3.05) is 24.2 Å². The van der Waals surface area contributed by atoms with Gasteiger partial charge in [-0.3, -0.25) is 14.4 Å². The smallest absolute Gasteiger partial charge is 0.266 e. The average Bonchev–Trinajstić information content (AvgIpc) is 3.35. The average molecular weight is 430 g/mol. The van der Waals surface area contributed by atoms with Crippen molar-refractivity contribution in [1.29, 1.82) is 0 Å². The molecule has 2 amide bonds. The van der Waals surface area contributed by atoms with Crippen LogP contribution in [0.5, 0.6) is 11.5 Å². The number of rotatable bonds is 5. The summed E-state index contributed by atoms with van der Waals surface area (Å²) < 4.78 is 10.7. The van der Waals surface area contributed by atoms with E-state index in [2.05, 4.69) is 0 Å². The van der Waals surface area contributed by atoms with Gasteiger partial charge in [0.15, 0.2) is 6.10 Å². The summed E-state index contributed by atoms with van der Waals surface area (Å²) in [7, 11) is 3.11. The molecule has 0 radical (unpaired) electrons. The monoisotopic (exact) mass is 430 g/mol. The summed E-state index contributed by atoms with van der Waals surface area (Å²) >= 11 is 0. The molecule has 162 valence electrons. The van der Waals surface area contributed by atoms with Gasteiger partial charge in [-0.2, -0.15) is 0 Å². The zero-order chi connectivity index (χ0) is 22.2. The molecular formula is C25H22N2O5. The lowest BCUT2D eigenvalue weighted by atomic mass is 9.90. The molecule has 5 rings (SSSR count). The van der Waals surface area contributed by atoms with Crippen molar-refractivity contribution in [3.05, 3.63) is 84.4 Å². The first kappa shape index (κ1) is 20.1. The molecule has 3 unspecified atom stereocenters. The Morgan fingerprint density at radius 3 is 2.16 bits per heavy atom. The number of imide groups is 1. The van der Waals surface area contributed by atoms with E-state index in [1.54, 1.807) is 36.4 Å². The lowest BCUT2D eigenvalue weighted by molar-refractivity contribution is -0.126. The van der Waals surface area contributed by atoms with Crippen LogP contribution < -0.4 is 19.4 Å². The number of anilines is 2. The van der Waals surface area contributed by atoms with Crippen molar-refractivity contribution >= 4 is 23.2 Å². The van der Waals surface area contributed by atoms with Gasteiger partial charge in [-0.15, -0.1) is 0 Å². The van der Waals surface area contributed by atoms with Crippen LogP contribution in [0.1, 0.15) is 11.6 Å². The zero-order valence-corrected chi connectivity index (χ0v) is 17.7. The first-order valence-corrected chi connectivity index (χ1v) is 10.3. The number of carbonyl (C=O) groups is 2. The third kappa shape index (κ3) is 3.09. The third-order valence-corrected chi connectivity index (χ3v) is 5.91. The minimum absolute atomic E-state index is 0.316. The Kier molecular flexibility index (Phi) is 5.03. The maximum atomic E-state index is 13.7. The Labute approximate surface area is 185 Å². The van der Waals surface area contributed by atoms with Gasteiger partial charge < -0.3 is 9.47 Å². The fraction of sp³-hybridized carbons (Fsp3) is 0.200. The number of ether oxygens (including phenoxy) is 2. The Morgan fingerprint density at radius 2 is 1.47 bits per heavy atom. The highest BCUT2D eigenvalue weighted by atomic mass is 16.7. The van der Waals surface area contributed by atoms with E-state index in [1.165, 1.54) is 12.0 Å². The second-order valence-corrected chi connectivity index (χ2v) is 7.61. The highest BCUT2D eigenvalue weighted by Gasteiger charge is 2.60. The van der Waals surface area contributed by atoms with Crippen LogP contribution in [0, 0.1) is 5.92 Å². The van der Waals surface area contributed by atoms with Crippen molar-refractivity contribution < 1.29 is 23.9 Å². The highest BCUT2D eigenvalue weighted by molar-refractivity contribution is 6.24. The second kappa shape index (κ2) is 8.01. The number of hydrogen-bond donors (Lipinski definition) is 0. The molecule has 3 aromatic carbocycles. The molecule has 0 saturated carbocycles. The standard InChI is InChI=1S/C25H22N2O5/c1-30-18-14-12-16(13-15-18)22-21-23(32-27(22)17-8-4-3-5-9-17)25(29)26(24(21)28)19-10-6-7-11-20(19)31-2/h3-15,21-23H,1-2H3. The number of hydroxylamine groups is 1. The molecule has 0 aromatic heterocycles. The molecule has 2 aliphatic rings. The fourth-order valence-electron chi connectivity index (χ4n) is 4.41. The summed E-state index contributed by atoms with van der Waals surface area (Å²) in [5.41, 5.74) is 2.04. The topological polar surface area (TPSA) is 68.3 Å². The second-order valence-electron chi connectivity index (χ2n) is 7.61. The number of para-hydroxylation sites is 3. The lowest BCUT2D eigenvalue weighted by Crippen LogP contribution is -2.37. The van der Waals surface area contributed by atoms with E-state index in [0.717, 1.165) is 11.3 Å². The van der Waals surface area contributed by atoms with Crippen LogP contribution in [0.15, 0.2) is 78.9 Å². The van der Waals surface area contributed by atoms with Crippen molar-refractivity contribution in [1.82, 2.24) is 0 Å². The van der Waals surface area contributed by atoms with E-state index >= 15 is 0 Å². The largest absolute Gasteiger partial charge is 0.497 e. The Morgan fingerprint density at radius 1 is 0.781 bits per heavy atom. The van der Waals surface area contributed by atoms with Crippen molar-refractivity contribution in [2.45, 2.75) is 12.1 Å². The summed E-state index contributed by atoms with van der Waals surface area (Å²) in [6, 6.07) is 23.5. The molecule has 2 fully saturated rings. The zero-order valence-electron chi connectivity index (χ0n) is 17.7. The molecule has 2 saturated heterocycles. The Balaban J connectivity index is 1.59. The third-order valence-electron chi connectivity index (χ3n) is 5.91. The predicted molar refractivity (Wildman–Crippen MR) is 119 cm³/mol. The van der Waals surface area contributed by atoms with E-state index in [4.69, 9.17) is 14.3 Å². The van der Waals surface area contributed by atoms with Crippen LogP contribution in [-0.2, 0) is 14.4 Å². The molecule has 0 spiro atoms. The molecule has 2 aliphatic heterocycles. The maximum absolute atomic E-state index is 13.7. The van der Waals surface area contributed by atoms with Crippen LogP contribution >= 0.6 is 0 Å².